The van der Waals surface area contributed by atoms with Crippen LogP contribution in [0.5, 0.6) is 0 Å². The predicted molar refractivity (Wildman–Crippen MR) is 78.7 cm³/mol. The van der Waals surface area contributed by atoms with E-state index in [2.05, 4.69) is 15.4 Å². The molecule has 1 amide bonds. The Morgan fingerprint density at radius 3 is 2.62 bits per heavy atom. The van der Waals surface area contributed by atoms with Crippen molar-refractivity contribution in [2.45, 2.75) is 26.0 Å². The molecule has 2 aromatic rings. The van der Waals surface area contributed by atoms with Gasteiger partial charge in [0.2, 0.25) is 0 Å². The Hall–Kier alpha value is -2.21. The van der Waals surface area contributed by atoms with E-state index in [1.54, 1.807) is 23.9 Å². The van der Waals surface area contributed by atoms with Crippen molar-refractivity contribution in [2.24, 2.45) is 7.05 Å². The molecule has 1 aromatic heterocycles. The lowest BCUT2D eigenvalue weighted by atomic mass is 10.1. The molecule has 0 unspecified atom stereocenters. The van der Waals surface area contributed by atoms with Gasteiger partial charge in [0.1, 0.15) is 12.2 Å². The summed E-state index contributed by atoms with van der Waals surface area (Å²) in [5.41, 5.74) is 1.66. The molecule has 112 valence electrons. The highest BCUT2D eigenvalue weighted by Crippen LogP contribution is 2.14. The smallest absolute Gasteiger partial charge is 0.251 e. The van der Waals surface area contributed by atoms with Crippen molar-refractivity contribution in [3.63, 3.8) is 0 Å². The Morgan fingerprint density at radius 1 is 1.38 bits per heavy atom. The van der Waals surface area contributed by atoms with Crippen LogP contribution in [0, 0.1) is 0 Å². The number of carbonyl (C=O) groups excluding carboxylic acids is 1. The molecule has 6 nitrogen and oxygen atoms in total. The summed E-state index contributed by atoms with van der Waals surface area (Å²) in [6.45, 7) is 2.54. The van der Waals surface area contributed by atoms with Crippen LogP contribution in [-0.4, -0.2) is 27.8 Å². The summed E-state index contributed by atoms with van der Waals surface area (Å²) in [5, 5.41) is 7.02. The summed E-state index contributed by atoms with van der Waals surface area (Å²) < 4.78 is 6.73. The topological polar surface area (TPSA) is 69.0 Å². The van der Waals surface area contributed by atoms with Crippen LogP contribution in [0.4, 0.5) is 0 Å². The number of ether oxygens (including phenoxy) is 1. The quantitative estimate of drug-likeness (QED) is 0.880. The highest BCUT2D eigenvalue weighted by Gasteiger charge is 2.18. The van der Waals surface area contributed by atoms with E-state index in [0.29, 0.717) is 12.2 Å². The van der Waals surface area contributed by atoms with Gasteiger partial charge < -0.3 is 10.1 Å². The average molecular weight is 288 g/mol. The number of methoxy groups -OCH3 is 1. The molecule has 6 heteroatoms. The monoisotopic (exact) mass is 288 g/mol. The third-order valence-electron chi connectivity index (χ3n) is 3.30. The van der Waals surface area contributed by atoms with Crippen molar-refractivity contribution in [3.05, 3.63) is 47.5 Å². The predicted octanol–water partition coefficient (Wildman–Crippen LogP) is 1.84. The molecule has 0 fully saturated rings. The summed E-state index contributed by atoms with van der Waals surface area (Å²) >= 11 is 0. The van der Waals surface area contributed by atoms with Crippen LogP contribution in [0.25, 0.3) is 0 Å². The standard InChI is InChI=1S/C15H20N4O2/c1-4-13(14-16-10-17-19(14)2)18-15(20)12-7-5-11(6-8-12)9-21-3/h5-8,10,13H,4,9H2,1-3H3,(H,18,20)/t13-/m1/s1. The molecule has 1 aromatic carbocycles. The first-order valence-electron chi connectivity index (χ1n) is 6.88. The zero-order chi connectivity index (χ0) is 15.2. The average Bonchev–Trinajstić information content (AvgIpc) is 2.92. The first-order valence-corrected chi connectivity index (χ1v) is 6.88. The lowest BCUT2D eigenvalue weighted by Gasteiger charge is -2.16. The molecule has 0 radical (unpaired) electrons. The third-order valence-corrected chi connectivity index (χ3v) is 3.30. The SMILES string of the molecule is CC[C@@H](NC(=O)c1ccc(COC)cc1)c1ncnn1C. The van der Waals surface area contributed by atoms with Gasteiger partial charge in [-0.3, -0.25) is 9.48 Å². The maximum Gasteiger partial charge on any atom is 0.251 e. The lowest BCUT2D eigenvalue weighted by Crippen LogP contribution is -2.30. The molecule has 1 heterocycles. The summed E-state index contributed by atoms with van der Waals surface area (Å²) in [6, 6.07) is 7.23. The van der Waals surface area contributed by atoms with Gasteiger partial charge in [0.15, 0.2) is 0 Å². The zero-order valence-electron chi connectivity index (χ0n) is 12.5. The maximum atomic E-state index is 12.3. The minimum absolute atomic E-state index is 0.117. The van der Waals surface area contributed by atoms with Crippen LogP contribution in [0.15, 0.2) is 30.6 Å². The first-order chi connectivity index (χ1) is 10.2. The van der Waals surface area contributed by atoms with Gasteiger partial charge in [-0.05, 0) is 24.1 Å². The summed E-state index contributed by atoms with van der Waals surface area (Å²) in [5.74, 6) is 0.635. The van der Waals surface area contributed by atoms with E-state index in [0.717, 1.165) is 17.8 Å². The van der Waals surface area contributed by atoms with E-state index < -0.39 is 0 Å². The number of aryl methyl sites for hydroxylation is 1. The van der Waals surface area contributed by atoms with Gasteiger partial charge in [-0.1, -0.05) is 19.1 Å². The molecular formula is C15H20N4O2. The minimum Gasteiger partial charge on any atom is -0.380 e. The van der Waals surface area contributed by atoms with Crippen LogP contribution in [0.1, 0.15) is 41.1 Å². The van der Waals surface area contributed by atoms with E-state index in [9.17, 15) is 4.79 Å². The van der Waals surface area contributed by atoms with Gasteiger partial charge in [-0.25, -0.2) is 4.98 Å². The Balaban J connectivity index is 2.07. The molecule has 21 heavy (non-hydrogen) atoms. The zero-order valence-corrected chi connectivity index (χ0v) is 12.5. The Labute approximate surface area is 124 Å². The number of nitrogens with one attached hydrogen (secondary N) is 1. The Bertz CT molecular complexity index is 592. The summed E-state index contributed by atoms with van der Waals surface area (Å²) in [7, 11) is 3.46. The molecule has 0 spiro atoms. The maximum absolute atomic E-state index is 12.3. The van der Waals surface area contributed by atoms with Crippen molar-refractivity contribution in [1.82, 2.24) is 20.1 Å². The van der Waals surface area contributed by atoms with Crippen LogP contribution >= 0.6 is 0 Å². The number of benzene rings is 1. The molecule has 0 aliphatic carbocycles. The van der Waals surface area contributed by atoms with Gasteiger partial charge >= 0.3 is 0 Å². The van der Waals surface area contributed by atoms with Gasteiger partial charge in [0.05, 0.1) is 12.6 Å². The second kappa shape index (κ2) is 6.99. The minimum atomic E-state index is -0.149. The van der Waals surface area contributed by atoms with Crippen molar-refractivity contribution >= 4 is 5.91 Å². The van der Waals surface area contributed by atoms with Crippen LogP contribution in [-0.2, 0) is 18.4 Å². The second-order valence-corrected chi connectivity index (χ2v) is 4.81. The number of amides is 1. The molecule has 0 aliphatic heterocycles. The van der Waals surface area contributed by atoms with Crippen LogP contribution in [0.3, 0.4) is 0 Å². The molecule has 2 rings (SSSR count). The van der Waals surface area contributed by atoms with Crippen LogP contribution < -0.4 is 5.32 Å². The van der Waals surface area contributed by atoms with Gasteiger partial charge in [0, 0.05) is 19.7 Å². The molecular weight excluding hydrogens is 268 g/mol. The Morgan fingerprint density at radius 2 is 2.10 bits per heavy atom. The van der Waals surface area contributed by atoms with Gasteiger partial charge in [0.25, 0.3) is 5.91 Å². The third kappa shape index (κ3) is 3.66. The van der Waals surface area contributed by atoms with Crippen molar-refractivity contribution in [3.8, 4) is 0 Å². The Kier molecular flexibility index (Phi) is 5.05. The molecule has 1 N–H and O–H groups in total. The number of hydrogen-bond acceptors (Lipinski definition) is 4. The molecule has 0 aliphatic rings. The number of carbonyl (C=O) groups is 1. The highest BCUT2D eigenvalue weighted by atomic mass is 16.5. The number of nitrogens with zero attached hydrogens (tertiary/aromatic N) is 3. The van der Waals surface area contributed by atoms with Crippen molar-refractivity contribution < 1.29 is 9.53 Å². The van der Waals surface area contributed by atoms with E-state index >= 15 is 0 Å². The molecule has 0 bridgehead atoms. The van der Waals surface area contributed by atoms with E-state index in [1.807, 2.05) is 26.1 Å². The normalized spacial score (nSPS) is 12.1. The fourth-order valence-corrected chi connectivity index (χ4v) is 2.13. The second-order valence-electron chi connectivity index (χ2n) is 4.81. The summed E-state index contributed by atoms with van der Waals surface area (Å²) in [6.07, 6.45) is 2.24. The first kappa shape index (κ1) is 15.2. The number of rotatable bonds is 6. The van der Waals surface area contributed by atoms with Gasteiger partial charge in [-0.15, -0.1) is 0 Å². The molecule has 0 saturated carbocycles. The van der Waals surface area contributed by atoms with E-state index in [-0.39, 0.29) is 11.9 Å². The number of aromatic nitrogens is 3. The number of hydrogen-bond donors (Lipinski definition) is 1. The van der Waals surface area contributed by atoms with E-state index in [1.165, 1.54) is 6.33 Å². The molecule has 1 atom stereocenters. The fraction of sp³-hybridized carbons (Fsp3) is 0.400. The summed E-state index contributed by atoms with van der Waals surface area (Å²) in [4.78, 5) is 16.5. The van der Waals surface area contributed by atoms with Crippen molar-refractivity contribution in [2.75, 3.05) is 7.11 Å². The van der Waals surface area contributed by atoms with Gasteiger partial charge in [-0.2, -0.15) is 5.10 Å². The van der Waals surface area contributed by atoms with Crippen molar-refractivity contribution in [1.29, 1.82) is 0 Å². The van der Waals surface area contributed by atoms with Crippen LogP contribution in [0.2, 0.25) is 0 Å². The lowest BCUT2D eigenvalue weighted by molar-refractivity contribution is 0.0933. The largest absolute Gasteiger partial charge is 0.380 e. The highest BCUT2D eigenvalue weighted by molar-refractivity contribution is 5.94. The molecule has 0 saturated heterocycles. The fourth-order valence-electron chi connectivity index (χ4n) is 2.13. The van der Waals surface area contributed by atoms with E-state index in [4.69, 9.17) is 4.74 Å².